The molecule has 0 N–H and O–H groups in total. The highest BCUT2D eigenvalue weighted by Crippen LogP contribution is 2.21. The Balaban J connectivity index is 1.62. The maximum Gasteiger partial charge on any atom is 0.306 e. The Morgan fingerprint density at radius 2 is 2.06 bits per heavy atom. The van der Waals surface area contributed by atoms with Crippen molar-refractivity contribution in [2.75, 3.05) is 13.1 Å². The highest BCUT2D eigenvalue weighted by Gasteiger charge is 2.26. The van der Waals surface area contributed by atoms with E-state index in [-0.39, 0.29) is 12.1 Å². The van der Waals surface area contributed by atoms with Gasteiger partial charge in [0.25, 0.3) is 0 Å². The third-order valence-electron chi connectivity index (χ3n) is 3.64. The van der Waals surface area contributed by atoms with Crippen LogP contribution in [0.15, 0.2) is 24.3 Å². The van der Waals surface area contributed by atoms with E-state index in [1.54, 1.807) is 0 Å². The normalized spacial score (nSPS) is 24.5. The van der Waals surface area contributed by atoms with Crippen molar-refractivity contribution in [3.05, 3.63) is 35.4 Å². The number of hydrogen-bond acceptors (Lipinski definition) is 3. The second-order valence-electron chi connectivity index (χ2n) is 4.90. The van der Waals surface area contributed by atoms with Crippen molar-refractivity contribution in [2.45, 2.75) is 31.9 Å². The molecule has 0 radical (unpaired) electrons. The van der Waals surface area contributed by atoms with Crippen molar-refractivity contribution in [1.29, 1.82) is 0 Å². The predicted octanol–water partition coefficient (Wildman–Crippen LogP) is 1.75. The van der Waals surface area contributed by atoms with Crippen LogP contribution in [0.4, 0.5) is 0 Å². The molecule has 0 aromatic heterocycles. The summed E-state index contributed by atoms with van der Waals surface area (Å²) in [4.78, 5) is 13.4. The van der Waals surface area contributed by atoms with Crippen molar-refractivity contribution in [1.82, 2.24) is 4.90 Å². The predicted molar refractivity (Wildman–Crippen MR) is 64.5 cm³/mol. The Labute approximate surface area is 101 Å². The van der Waals surface area contributed by atoms with E-state index >= 15 is 0 Å². The van der Waals surface area contributed by atoms with Crippen molar-refractivity contribution >= 4 is 5.97 Å². The maximum absolute atomic E-state index is 11.1. The molecule has 90 valence electrons. The fourth-order valence-electron chi connectivity index (χ4n) is 2.71. The van der Waals surface area contributed by atoms with E-state index in [2.05, 4.69) is 29.2 Å². The fourth-order valence-corrected chi connectivity index (χ4v) is 2.71. The van der Waals surface area contributed by atoms with Gasteiger partial charge < -0.3 is 4.74 Å². The van der Waals surface area contributed by atoms with E-state index in [4.69, 9.17) is 4.74 Å². The zero-order chi connectivity index (χ0) is 11.7. The molecule has 1 unspecified atom stereocenters. The van der Waals surface area contributed by atoms with Gasteiger partial charge in [0.2, 0.25) is 0 Å². The molecule has 3 rings (SSSR count). The molecule has 2 aliphatic heterocycles. The summed E-state index contributed by atoms with van der Waals surface area (Å²) in [6.07, 6.45) is 2.70. The van der Waals surface area contributed by atoms with Gasteiger partial charge in [-0.15, -0.1) is 0 Å². The van der Waals surface area contributed by atoms with Crippen LogP contribution >= 0.6 is 0 Å². The lowest BCUT2D eigenvalue weighted by Crippen LogP contribution is -2.36. The third-order valence-corrected chi connectivity index (χ3v) is 3.64. The Morgan fingerprint density at radius 1 is 1.24 bits per heavy atom. The van der Waals surface area contributed by atoms with Crippen LogP contribution in [0.5, 0.6) is 0 Å². The number of nitrogens with zero attached hydrogens (tertiary/aromatic N) is 1. The highest BCUT2D eigenvalue weighted by atomic mass is 16.5. The van der Waals surface area contributed by atoms with E-state index in [1.165, 1.54) is 11.1 Å². The van der Waals surface area contributed by atoms with Crippen molar-refractivity contribution in [3.63, 3.8) is 0 Å². The van der Waals surface area contributed by atoms with E-state index in [0.29, 0.717) is 6.42 Å². The lowest BCUT2D eigenvalue weighted by Gasteiger charge is -2.30. The standard InChI is InChI=1S/C14H17NO2/c16-14-6-5-13(17-14)10-15-8-7-11-3-1-2-4-12(11)9-15/h1-4,13H,5-10H2. The molecule has 0 spiro atoms. The van der Waals surface area contributed by atoms with Gasteiger partial charge in [-0.3, -0.25) is 9.69 Å². The van der Waals surface area contributed by atoms with Crippen LogP contribution in [0.3, 0.4) is 0 Å². The molecule has 1 aromatic carbocycles. The molecule has 1 aromatic rings. The van der Waals surface area contributed by atoms with Crippen molar-refractivity contribution in [2.24, 2.45) is 0 Å². The Bertz CT molecular complexity index is 430. The van der Waals surface area contributed by atoms with Gasteiger partial charge in [-0.05, 0) is 24.0 Å². The van der Waals surface area contributed by atoms with E-state index in [1.807, 2.05) is 0 Å². The molecular weight excluding hydrogens is 214 g/mol. The van der Waals surface area contributed by atoms with Crippen LogP contribution < -0.4 is 0 Å². The molecule has 17 heavy (non-hydrogen) atoms. The van der Waals surface area contributed by atoms with Crippen LogP contribution in [-0.2, 0) is 22.5 Å². The molecular formula is C14H17NO2. The molecule has 2 heterocycles. The summed E-state index contributed by atoms with van der Waals surface area (Å²) in [5.74, 6) is -0.0348. The lowest BCUT2D eigenvalue weighted by molar-refractivity contribution is -0.142. The highest BCUT2D eigenvalue weighted by molar-refractivity contribution is 5.71. The van der Waals surface area contributed by atoms with Crippen LogP contribution in [0.25, 0.3) is 0 Å². The Morgan fingerprint density at radius 3 is 2.82 bits per heavy atom. The summed E-state index contributed by atoms with van der Waals surface area (Å²) in [7, 11) is 0. The Kier molecular flexibility index (Phi) is 2.85. The maximum atomic E-state index is 11.1. The van der Waals surface area contributed by atoms with Gasteiger partial charge in [0, 0.05) is 26.1 Å². The van der Waals surface area contributed by atoms with Crippen LogP contribution in [0.1, 0.15) is 24.0 Å². The molecule has 3 nitrogen and oxygen atoms in total. The van der Waals surface area contributed by atoms with Crippen molar-refractivity contribution in [3.8, 4) is 0 Å². The number of esters is 1. The van der Waals surface area contributed by atoms with Gasteiger partial charge in [-0.25, -0.2) is 0 Å². The summed E-state index contributed by atoms with van der Waals surface area (Å²) in [6.45, 7) is 2.95. The van der Waals surface area contributed by atoms with E-state index in [9.17, 15) is 4.79 Å². The zero-order valence-corrected chi connectivity index (χ0v) is 9.89. The molecule has 0 aliphatic carbocycles. The molecule has 2 aliphatic rings. The monoisotopic (exact) mass is 231 g/mol. The topological polar surface area (TPSA) is 29.5 Å². The number of hydrogen-bond donors (Lipinski definition) is 0. The quantitative estimate of drug-likeness (QED) is 0.726. The summed E-state index contributed by atoms with van der Waals surface area (Å²) in [5, 5.41) is 0. The molecule has 0 amide bonds. The van der Waals surface area contributed by atoms with Crippen molar-refractivity contribution < 1.29 is 9.53 Å². The molecule has 1 fully saturated rings. The number of fused-ring (bicyclic) bond motifs is 1. The number of benzene rings is 1. The average Bonchev–Trinajstić information content (AvgIpc) is 2.75. The molecule has 0 saturated carbocycles. The van der Waals surface area contributed by atoms with Crippen LogP contribution in [-0.4, -0.2) is 30.1 Å². The SMILES string of the molecule is O=C1CCC(CN2CCc3ccccc3C2)O1. The minimum Gasteiger partial charge on any atom is -0.461 e. The second-order valence-corrected chi connectivity index (χ2v) is 4.90. The number of ether oxygens (including phenoxy) is 1. The smallest absolute Gasteiger partial charge is 0.306 e. The first kappa shape index (κ1) is 10.8. The average molecular weight is 231 g/mol. The summed E-state index contributed by atoms with van der Waals surface area (Å²) in [6, 6.07) is 8.61. The molecule has 0 bridgehead atoms. The molecule has 3 heteroatoms. The summed E-state index contributed by atoms with van der Waals surface area (Å²) < 4.78 is 5.27. The van der Waals surface area contributed by atoms with Gasteiger partial charge in [0.05, 0.1) is 0 Å². The Hall–Kier alpha value is -1.35. The summed E-state index contributed by atoms with van der Waals surface area (Å²) >= 11 is 0. The number of carbonyl (C=O) groups is 1. The number of cyclic esters (lactones) is 1. The fraction of sp³-hybridized carbons (Fsp3) is 0.500. The first-order valence-corrected chi connectivity index (χ1v) is 6.30. The van der Waals surface area contributed by atoms with Gasteiger partial charge in [-0.1, -0.05) is 24.3 Å². The van der Waals surface area contributed by atoms with Gasteiger partial charge >= 0.3 is 5.97 Å². The van der Waals surface area contributed by atoms with Gasteiger partial charge in [0.1, 0.15) is 6.10 Å². The van der Waals surface area contributed by atoms with Crippen LogP contribution in [0, 0.1) is 0 Å². The minimum absolute atomic E-state index is 0.0348. The largest absolute Gasteiger partial charge is 0.461 e. The third kappa shape index (κ3) is 2.34. The number of rotatable bonds is 2. The number of carbonyl (C=O) groups excluding carboxylic acids is 1. The summed E-state index contributed by atoms with van der Waals surface area (Å²) in [5.41, 5.74) is 2.88. The molecule has 1 saturated heterocycles. The van der Waals surface area contributed by atoms with E-state index in [0.717, 1.165) is 32.5 Å². The van der Waals surface area contributed by atoms with Gasteiger partial charge in [0.15, 0.2) is 0 Å². The van der Waals surface area contributed by atoms with Crippen LogP contribution in [0.2, 0.25) is 0 Å². The van der Waals surface area contributed by atoms with Gasteiger partial charge in [-0.2, -0.15) is 0 Å². The van der Waals surface area contributed by atoms with E-state index < -0.39 is 0 Å². The second kappa shape index (κ2) is 4.49. The first-order chi connectivity index (χ1) is 8.31. The minimum atomic E-state index is -0.0348. The zero-order valence-electron chi connectivity index (χ0n) is 9.89. The first-order valence-electron chi connectivity index (χ1n) is 6.30. The lowest BCUT2D eigenvalue weighted by atomic mass is 9.99. The molecule has 1 atom stereocenters.